The Hall–Kier alpha value is -0.930. The zero-order chi connectivity index (χ0) is 8.27. The second kappa shape index (κ2) is 4.85. The van der Waals surface area contributed by atoms with Gasteiger partial charge in [0.05, 0.1) is 12.8 Å². The largest absolute Gasteiger partial charge is 0.497 e. The zero-order valence-corrected chi connectivity index (χ0v) is 7.84. The SMILES string of the molecule is COc1ccc(N(C)O)cc1.Cl. The van der Waals surface area contributed by atoms with Crippen molar-refractivity contribution in [3.63, 3.8) is 0 Å². The zero-order valence-electron chi connectivity index (χ0n) is 7.02. The second-order valence-electron chi connectivity index (χ2n) is 2.22. The maximum Gasteiger partial charge on any atom is 0.119 e. The number of ether oxygens (including phenoxy) is 1. The molecule has 0 aliphatic rings. The van der Waals surface area contributed by atoms with Crippen molar-refractivity contribution < 1.29 is 9.94 Å². The molecule has 0 aliphatic carbocycles. The minimum Gasteiger partial charge on any atom is -0.497 e. The van der Waals surface area contributed by atoms with Gasteiger partial charge in [-0.15, -0.1) is 12.4 Å². The second-order valence-corrected chi connectivity index (χ2v) is 2.22. The summed E-state index contributed by atoms with van der Waals surface area (Å²) in [5.41, 5.74) is 0.741. The van der Waals surface area contributed by atoms with E-state index >= 15 is 0 Å². The van der Waals surface area contributed by atoms with Gasteiger partial charge in [0.15, 0.2) is 0 Å². The van der Waals surface area contributed by atoms with Crippen LogP contribution in [0, 0.1) is 0 Å². The van der Waals surface area contributed by atoms with E-state index in [1.165, 1.54) is 0 Å². The number of hydroxylamine groups is 1. The third kappa shape index (κ3) is 2.60. The normalized spacial score (nSPS) is 8.58. The predicted octanol–water partition coefficient (Wildman–Crippen LogP) is 1.94. The van der Waals surface area contributed by atoms with Gasteiger partial charge in [-0.2, -0.15) is 0 Å². The maximum absolute atomic E-state index is 8.98. The van der Waals surface area contributed by atoms with Gasteiger partial charge in [0, 0.05) is 7.05 Å². The van der Waals surface area contributed by atoms with Crippen molar-refractivity contribution in [2.24, 2.45) is 0 Å². The summed E-state index contributed by atoms with van der Waals surface area (Å²) in [5.74, 6) is 0.788. The maximum atomic E-state index is 8.98. The average molecular weight is 190 g/mol. The highest BCUT2D eigenvalue weighted by Gasteiger charge is 1.95. The molecule has 0 saturated carbocycles. The lowest BCUT2D eigenvalue weighted by atomic mass is 10.3. The summed E-state index contributed by atoms with van der Waals surface area (Å²) < 4.78 is 4.95. The van der Waals surface area contributed by atoms with Gasteiger partial charge in [0.2, 0.25) is 0 Å². The first-order valence-corrected chi connectivity index (χ1v) is 3.30. The highest BCUT2D eigenvalue weighted by atomic mass is 35.5. The Balaban J connectivity index is 0.00000121. The van der Waals surface area contributed by atoms with E-state index in [0.717, 1.165) is 16.5 Å². The topological polar surface area (TPSA) is 32.7 Å². The monoisotopic (exact) mass is 189 g/mol. The minimum absolute atomic E-state index is 0. The van der Waals surface area contributed by atoms with Gasteiger partial charge in [-0.25, -0.2) is 0 Å². The molecule has 0 aromatic heterocycles. The molecule has 0 amide bonds. The first-order valence-electron chi connectivity index (χ1n) is 3.30. The molecule has 1 rings (SSSR count). The quantitative estimate of drug-likeness (QED) is 0.722. The van der Waals surface area contributed by atoms with Crippen molar-refractivity contribution in [1.29, 1.82) is 0 Å². The third-order valence-electron chi connectivity index (χ3n) is 1.45. The Morgan fingerprint density at radius 3 is 2.08 bits per heavy atom. The molecule has 0 bridgehead atoms. The summed E-state index contributed by atoms with van der Waals surface area (Å²) in [6.45, 7) is 0. The van der Waals surface area contributed by atoms with Crippen molar-refractivity contribution in [2.75, 3.05) is 19.2 Å². The Kier molecular flexibility index (Phi) is 4.47. The predicted molar refractivity (Wildman–Crippen MR) is 50.4 cm³/mol. The fourth-order valence-electron chi connectivity index (χ4n) is 0.798. The Morgan fingerprint density at radius 1 is 1.25 bits per heavy atom. The number of hydrogen-bond donors (Lipinski definition) is 1. The molecule has 0 saturated heterocycles. The van der Waals surface area contributed by atoms with Crippen molar-refractivity contribution in [2.45, 2.75) is 0 Å². The average Bonchev–Trinajstić information content (AvgIpc) is 2.05. The summed E-state index contributed by atoms with van der Waals surface area (Å²) in [7, 11) is 3.18. The molecule has 0 radical (unpaired) electrons. The van der Waals surface area contributed by atoms with E-state index in [-0.39, 0.29) is 12.4 Å². The number of benzene rings is 1. The van der Waals surface area contributed by atoms with Crippen molar-refractivity contribution in [3.8, 4) is 5.75 Å². The lowest BCUT2D eigenvalue weighted by molar-refractivity contribution is 0.279. The van der Waals surface area contributed by atoms with Gasteiger partial charge >= 0.3 is 0 Å². The van der Waals surface area contributed by atoms with E-state index in [1.807, 2.05) is 0 Å². The van der Waals surface area contributed by atoms with E-state index in [9.17, 15) is 0 Å². The molecule has 0 atom stereocenters. The van der Waals surface area contributed by atoms with Crippen LogP contribution in [0.1, 0.15) is 0 Å². The molecule has 1 N–H and O–H groups in total. The van der Waals surface area contributed by atoms with Crippen LogP contribution < -0.4 is 9.80 Å². The van der Waals surface area contributed by atoms with Crippen LogP contribution in [-0.2, 0) is 0 Å². The van der Waals surface area contributed by atoms with Crippen LogP contribution >= 0.6 is 12.4 Å². The molecular weight excluding hydrogens is 178 g/mol. The van der Waals surface area contributed by atoms with Gasteiger partial charge in [-0.1, -0.05) is 0 Å². The highest BCUT2D eigenvalue weighted by molar-refractivity contribution is 5.85. The van der Waals surface area contributed by atoms with E-state index in [2.05, 4.69) is 0 Å². The fourth-order valence-corrected chi connectivity index (χ4v) is 0.798. The van der Waals surface area contributed by atoms with Gasteiger partial charge in [-0.3, -0.25) is 10.3 Å². The standard InChI is InChI=1S/C8H11NO2.ClH/c1-9(10)7-3-5-8(11-2)6-4-7;/h3-6,10H,1-2H3;1H. The lowest BCUT2D eigenvalue weighted by Crippen LogP contribution is -2.09. The van der Waals surface area contributed by atoms with Crippen molar-refractivity contribution in [3.05, 3.63) is 24.3 Å². The molecule has 0 unspecified atom stereocenters. The van der Waals surface area contributed by atoms with E-state index in [4.69, 9.17) is 9.94 Å². The summed E-state index contributed by atoms with van der Waals surface area (Å²) in [5, 5.41) is 10.0. The molecule has 12 heavy (non-hydrogen) atoms. The molecule has 1 aromatic rings. The van der Waals surface area contributed by atoms with Crippen LogP contribution in [0.15, 0.2) is 24.3 Å². The number of rotatable bonds is 2. The fraction of sp³-hybridized carbons (Fsp3) is 0.250. The molecule has 4 heteroatoms. The number of hydrogen-bond acceptors (Lipinski definition) is 3. The van der Waals surface area contributed by atoms with Crippen LogP contribution in [0.5, 0.6) is 5.75 Å². The van der Waals surface area contributed by atoms with Gasteiger partial charge in [0.1, 0.15) is 5.75 Å². The third-order valence-corrected chi connectivity index (χ3v) is 1.45. The van der Waals surface area contributed by atoms with Gasteiger partial charge in [0.25, 0.3) is 0 Å². The van der Waals surface area contributed by atoms with Crippen LogP contribution in [-0.4, -0.2) is 19.4 Å². The molecule has 0 spiro atoms. The first kappa shape index (κ1) is 11.1. The lowest BCUT2D eigenvalue weighted by Gasteiger charge is -2.09. The number of methoxy groups -OCH3 is 1. The number of anilines is 1. The highest BCUT2D eigenvalue weighted by Crippen LogP contribution is 2.16. The Labute approximate surface area is 77.9 Å². The van der Waals surface area contributed by atoms with Crippen LogP contribution in [0.2, 0.25) is 0 Å². The smallest absolute Gasteiger partial charge is 0.119 e. The first-order chi connectivity index (χ1) is 5.24. The molecular formula is C8H12ClNO2. The number of halogens is 1. The van der Waals surface area contributed by atoms with E-state index < -0.39 is 0 Å². The molecule has 1 aromatic carbocycles. The van der Waals surface area contributed by atoms with E-state index in [1.54, 1.807) is 38.4 Å². The molecule has 0 aliphatic heterocycles. The molecule has 3 nitrogen and oxygen atoms in total. The summed E-state index contributed by atoms with van der Waals surface area (Å²) in [6, 6.07) is 7.14. The summed E-state index contributed by atoms with van der Waals surface area (Å²) in [6.07, 6.45) is 0. The van der Waals surface area contributed by atoms with Crippen LogP contribution in [0.4, 0.5) is 5.69 Å². The minimum atomic E-state index is 0. The van der Waals surface area contributed by atoms with Crippen molar-refractivity contribution >= 4 is 18.1 Å². The van der Waals surface area contributed by atoms with Crippen LogP contribution in [0.25, 0.3) is 0 Å². The Morgan fingerprint density at radius 2 is 1.75 bits per heavy atom. The van der Waals surface area contributed by atoms with Crippen LogP contribution in [0.3, 0.4) is 0 Å². The van der Waals surface area contributed by atoms with Gasteiger partial charge < -0.3 is 4.74 Å². The molecule has 68 valence electrons. The molecule has 0 heterocycles. The van der Waals surface area contributed by atoms with Gasteiger partial charge in [-0.05, 0) is 24.3 Å². The number of nitrogens with zero attached hydrogens (tertiary/aromatic N) is 1. The summed E-state index contributed by atoms with van der Waals surface area (Å²) >= 11 is 0. The van der Waals surface area contributed by atoms with Crippen molar-refractivity contribution in [1.82, 2.24) is 0 Å². The summed E-state index contributed by atoms with van der Waals surface area (Å²) in [4.78, 5) is 0. The Bertz CT molecular complexity index is 223. The van der Waals surface area contributed by atoms with E-state index in [0.29, 0.717) is 0 Å². The molecule has 0 fully saturated rings.